The Hall–Kier alpha value is -1.23. The molecule has 0 aliphatic heterocycles. The van der Waals surface area contributed by atoms with Gasteiger partial charge >= 0.3 is 5.97 Å². The van der Waals surface area contributed by atoms with Crippen LogP contribution >= 0.6 is 15.9 Å². The van der Waals surface area contributed by atoms with E-state index in [1.165, 1.54) is 0 Å². The molecule has 0 amide bonds. The first-order chi connectivity index (χ1) is 9.92. The van der Waals surface area contributed by atoms with Gasteiger partial charge in [-0.1, -0.05) is 15.9 Å². The number of halogens is 1. The molecule has 4 nitrogen and oxygen atoms in total. The molecule has 1 unspecified atom stereocenters. The lowest BCUT2D eigenvalue weighted by Gasteiger charge is -2.20. The van der Waals surface area contributed by atoms with Crippen LogP contribution in [0.1, 0.15) is 44.6 Å². The third-order valence-corrected chi connectivity index (χ3v) is 4.32. The van der Waals surface area contributed by atoms with E-state index >= 15 is 0 Å². The second kappa shape index (κ2) is 6.69. The molecule has 0 spiro atoms. The largest absolute Gasteiger partial charge is 0.493 e. The lowest BCUT2D eigenvalue weighted by molar-refractivity contribution is -0.137. The summed E-state index contributed by atoms with van der Waals surface area (Å²) in [5.74, 6) is 1.05. The highest BCUT2D eigenvalue weighted by Gasteiger charge is 2.35. The van der Waals surface area contributed by atoms with Crippen molar-refractivity contribution in [3.05, 3.63) is 22.2 Å². The zero-order valence-corrected chi connectivity index (χ0v) is 14.1. The first-order valence-electron chi connectivity index (χ1n) is 7.18. The summed E-state index contributed by atoms with van der Waals surface area (Å²) in [5, 5.41) is 9.14. The van der Waals surface area contributed by atoms with Gasteiger partial charge < -0.3 is 14.6 Å². The molecule has 2 rings (SSSR count). The van der Waals surface area contributed by atoms with E-state index in [2.05, 4.69) is 15.9 Å². The highest BCUT2D eigenvalue weighted by atomic mass is 79.9. The van der Waals surface area contributed by atoms with Gasteiger partial charge in [-0.15, -0.1) is 0 Å². The highest BCUT2D eigenvalue weighted by molar-refractivity contribution is 9.10. The Morgan fingerprint density at radius 3 is 2.52 bits per heavy atom. The van der Waals surface area contributed by atoms with Crippen molar-refractivity contribution in [2.45, 2.75) is 45.1 Å². The van der Waals surface area contributed by atoms with E-state index in [0.29, 0.717) is 17.4 Å². The van der Waals surface area contributed by atoms with Crippen molar-refractivity contribution in [1.82, 2.24) is 0 Å². The molecule has 0 bridgehead atoms. The maximum atomic E-state index is 11.1. The fourth-order valence-electron chi connectivity index (χ4n) is 2.56. The van der Waals surface area contributed by atoms with Crippen LogP contribution in [0.3, 0.4) is 0 Å². The smallest absolute Gasteiger partial charge is 0.303 e. The summed E-state index contributed by atoms with van der Waals surface area (Å²) in [7, 11) is 1.60. The fraction of sp³-hybridized carbons (Fsp3) is 0.562. The van der Waals surface area contributed by atoms with Crippen LogP contribution in [0.15, 0.2) is 16.6 Å². The van der Waals surface area contributed by atoms with Crippen molar-refractivity contribution in [3.63, 3.8) is 0 Å². The van der Waals surface area contributed by atoms with Crippen molar-refractivity contribution in [2.24, 2.45) is 5.92 Å². The Balaban J connectivity index is 2.36. The van der Waals surface area contributed by atoms with Crippen LogP contribution in [0, 0.1) is 5.92 Å². The molecule has 1 saturated carbocycles. The molecule has 1 aliphatic carbocycles. The molecule has 1 N–H and O–H groups in total. The monoisotopic (exact) mass is 356 g/mol. The van der Waals surface area contributed by atoms with Crippen LogP contribution < -0.4 is 9.47 Å². The Bertz CT molecular complexity index is 523. The Labute approximate surface area is 133 Å². The predicted octanol–water partition coefficient (Wildman–Crippen LogP) is 4.21. The van der Waals surface area contributed by atoms with Gasteiger partial charge in [0.05, 0.1) is 19.6 Å². The standard InChI is InChI=1S/C16H21BrO4/c1-9(2)21-15-8-13(17)12(6-14(15)20-3)11(7-16(18)19)10-4-5-10/h6,8-11H,4-5,7H2,1-3H3,(H,18,19). The molecular weight excluding hydrogens is 336 g/mol. The van der Waals surface area contributed by atoms with Gasteiger partial charge in [-0.2, -0.15) is 0 Å². The summed E-state index contributed by atoms with van der Waals surface area (Å²) in [6.45, 7) is 3.91. The maximum absolute atomic E-state index is 11.1. The number of carboxylic acids is 1. The minimum absolute atomic E-state index is 0.0267. The number of hydrogen-bond donors (Lipinski definition) is 1. The van der Waals surface area contributed by atoms with Crippen molar-refractivity contribution < 1.29 is 19.4 Å². The molecule has 1 aromatic rings. The minimum Gasteiger partial charge on any atom is -0.493 e. The highest BCUT2D eigenvalue weighted by Crippen LogP contribution is 2.48. The van der Waals surface area contributed by atoms with Crippen LogP contribution in [0.5, 0.6) is 11.5 Å². The normalized spacial score (nSPS) is 15.9. The lowest BCUT2D eigenvalue weighted by Crippen LogP contribution is -2.11. The van der Waals surface area contributed by atoms with Gasteiger partial charge in [-0.05, 0) is 56.2 Å². The second-order valence-electron chi connectivity index (χ2n) is 5.73. The molecule has 0 radical (unpaired) electrons. The topological polar surface area (TPSA) is 55.8 Å². The molecule has 0 aromatic heterocycles. The van der Waals surface area contributed by atoms with E-state index in [9.17, 15) is 4.79 Å². The number of carbonyl (C=O) groups is 1. The van der Waals surface area contributed by atoms with Gasteiger partial charge in [0.25, 0.3) is 0 Å². The molecule has 1 aromatic carbocycles. The van der Waals surface area contributed by atoms with Gasteiger partial charge in [0.2, 0.25) is 0 Å². The molecule has 1 aliphatic rings. The Morgan fingerprint density at radius 1 is 1.38 bits per heavy atom. The summed E-state index contributed by atoms with van der Waals surface area (Å²) in [6, 6.07) is 3.79. The van der Waals surface area contributed by atoms with E-state index in [-0.39, 0.29) is 18.4 Å². The van der Waals surface area contributed by atoms with E-state index < -0.39 is 5.97 Å². The van der Waals surface area contributed by atoms with Crippen molar-refractivity contribution >= 4 is 21.9 Å². The number of rotatable bonds is 7. The summed E-state index contributed by atoms with van der Waals surface area (Å²) in [5.41, 5.74) is 0.993. The van der Waals surface area contributed by atoms with E-state index in [1.54, 1.807) is 7.11 Å². The number of ether oxygens (including phenoxy) is 2. The van der Waals surface area contributed by atoms with Crippen LogP contribution in [-0.4, -0.2) is 24.3 Å². The predicted molar refractivity (Wildman–Crippen MR) is 84.2 cm³/mol. The fourth-order valence-corrected chi connectivity index (χ4v) is 3.17. The third-order valence-electron chi connectivity index (χ3n) is 3.63. The molecular formula is C16H21BrO4. The zero-order valence-electron chi connectivity index (χ0n) is 12.6. The Morgan fingerprint density at radius 2 is 2.05 bits per heavy atom. The summed E-state index contributed by atoms with van der Waals surface area (Å²) in [6.07, 6.45) is 2.39. The van der Waals surface area contributed by atoms with Crippen molar-refractivity contribution in [1.29, 1.82) is 0 Å². The van der Waals surface area contributed by atoms with Crippen LogP contribution in [-0.2, 0) is 4.79 Å². The molecule has 1 fully saturated rings. The van der Waals surface area contributed by atoms with E-state index in [0.717, 1.165) is 22.9 Å². The SMILES string of the molecule is COc1cc(C(CC(=O)O)C2CC2)c(Br)cc1OC(C)C. The maximum Gasteiger partial charge on any atom is 0.303 e. The minimum atomic E-state index is -0.764. The van der Waals surface area contributed by atoms with Crippen LogP contribution in [0.4, 0.5) is 0 Å². The van der Waals surface area contributed by atoms with Crippen LogP contribution in [0.25, 0.3) is 0 Å². The number of aliphatic carboxylic acids is 1. The number of carboxylic acid groups (broad SMARTS) is 1. The summed E-state index contributed by atoms with van der Waals surface area (Å²) < 4.78 is 12.0. The average molecular weight is 357 g/mol. The molecule has 21 heavy (non-hydrogen) atoms. The number of benzene rings is 1. The molecule has 0 heterocycles. The molecule has 1 atom stereocenters. The van der Waals surface area contributed by atoms with E-state index in [1.807, 2.05) is 26.0 Å². The quantitative estimate of drug-likeness (QED) is 0.794. The van der Waals surface area contributed by atoms with Crippen molar-refractivity contribution in [3.8, 4) is 11.5 Å². The molecule has 0 saturated heterocycles. The summed E-state index contributed by atoms with van der Waals surface area (Å²) >= 11 is 3.56. The van der Waals surface area contributed by atoms with Gasteiger partial charge in [-0.3, -0.25) is 4.79 Å². The number of hydrogen-bond acceptors (Lipinski definition) is 3. The van der Waals surface area contributed by atoms with Gasteiger partial charge in [0, 0.05) is 4.47 Å². The second-order valence-corrected chi connectivity index (χ2v) is 6.59. The van der Waals surface area contributed by atoms with Crippen LogP contribution in [0.2, 0.25) is 0 Å². The summed E-state index contributed by atoms with van der Waals surface area (Å²) in [4.78, 5) is 11.1. The van der Waals surface area contributed by atoms with E-state index in [4.69, 9.17) is 14.6 Å². The zero-order chi connectivity index (χ0) is 15.6. The molecule has 116 valence electrons. The average Bonchev–Trinajstić information content (AvgIpc) is 3.20. The molecule has 5 heteroatoms. The van der Waals surface area contributed by atoms with Gasteiger partial charge in [-0.25, -0.2) is 0 Å². The first-order valence-corrected chi connectivity index (χ1v) is 7.97. The first kappa shape index (κ1) is 16.1. The third kappa shape index (κ3) is 4.13. The Kier molecular flexibility index (Phi) is 5.14. The lowest BCUT2D eigenvalue weighted by atomic mass is 9.91. The van der Waals surface area contributed by atoms with Gasteiger partial charge in [0.1, 0.15) is 0 Å². The van der Waals surface area contributed by atoms with Gasteiger partial charge in [0.15, 0.2) is 11.5 Å². The number of methoxy groups -OCH3 is 1. The van der Waals surface area contributed by atoms with Crippen molar-refractivity contribution in [2.75, 3.05) is 7.11 Å².